The number of carbonyl (C=O) groups is 2. The number of hydrogen-bond donors (Lipinski definition) is 2. The van der Waals surface area contributed by atoms with E-state index in [1.54, 1.807) is 0 Å². The molecule has 1 atom stereocenters. The van der Waals surface area contributed by atoms with Gasteiger partial charge in [-0.2, -0.15) is 18.4 Å². The lowest BCUT2D eigenvalue weighted by atomic mass is 10.3. The third-order valence-electron chi connectivity index (χ3n) is 3.75. The Kier molecular flexibility index (Phi) is 5.86. The first kappa shape index (κ1) is 21.5. The summed E-state index contributed by atoms with van der Waals surface area (Å²) in [6, 6.07) is -0.247. The second-order valence-corrected chi connectivity index (χ2v) is 7.43. The number of urea groups is 1. The van der Waals surface area contributed by atoms with Gasteiger partial charge in [-0.25, -0.2) is 14.6 Å². The third-order valence-corrected chi connectivity index (χ3v) is 6.04. The molecule has 0 radical (unpaired) electrons. The van der Waals surface area contributed by atoms with Crippen molar-refractivity contribution < 1.29 is 32.6 Å². The van der Waals surface area contributed by atoms with Crippen molar-refractivity contribution in [2.45, 2.75) is 5.50 Å². The standard InChI is InChI=1S/C13H17ClN6O7S/c1-18-9(14)8(11(21)22)10(19(18)2)28(24,25)20(12(15)23)13-16-6(26-3)5-7(17-13)27-4/h5,9H,1-4H3,(H2,15,23)(H,21,22). The summed E-state index contributed by atoms with van der Waals surface area (Å²) in [5, 5.41) is 10.8. The van der Waals surface area contributed by atoms with Crippen LogP contribution >= 0.6 is 11.6 Å². The first-order valence-electron chi connectivity index (χ1n) is 7.37. The summed E-state index contributed by atoms with van der Waals surface area (Å²) in [4.78, 5) is 31.2. The van der Waals surface area contributed by atoms with Crippen LogP contribution in [0.25, 0.3) is 0 Å². The molecule has 3 N–H and O–H groups in total. The number of anilines is 1. The van der Waals surface area contributed by atoms with Gasteiger partial charge in [-0.15, -0.1) is 4.31 Å². The number of halogens is 1. The number of alkyl halides is 1. The normalized spacial score (nSPS) is 17.6. The van der Waals surface area contributed by atoms with E-state index in [2.05, 4.69) is 9.97 Å². The number of rotatable bonds is 6. The molecule has 154 valence electrons. The Morgan fingerprint density at radius 3 is 2.14 bits per heavy atom. The maximum absolute atomic E-state index is 13.2. The Balaban J connectivity index is 2.76. The molecule has 28 heavy (non-hydrogen) atoms. The van der Waals surface area contributed by atoms with Crippen molar-refractivity contribution in [1.82, 2.24) is 20.0 Å². The maximum Gasteiger partial charge on any atom is 0.337 e. The smallest absolute Gasteiger partial charge is 0.337 e. The quantitative estimate of drug-likeness (QED) is 0.429. The van der Waals surface area contributed by atoms with E-state index in [0.717, 1.165) is 10.0 Å². The zero-order valence-corrected chi connectivity index (χ0v) is 16.7. The van der Waals surface area contributed by atoms with Crippen molar-refractivity contribution in [3.05, 3.63) is 16.7 Å². The minimum atomic E-state index is -4.89. The second-order valence-electron chi connectivity index (χ2n) is 5.32. The van der Waals surface area contributed by atoms with Gasteiger partial charge in [0.25, 0.3) is 16.0 Å². The topological polar surface area (TPSA) is 168 Å². The number of carboxylic acid groups (broad SMARTS) is 1. The molecule has 2 amide bonds. The number of hydrazine groups is 1. The van der Waals surface area contributed by atoms with E-state index in [-0.39, 0.29) is 16.1 Å². The number of carboxylic acids is 1. The zero-order valence-electron chi connectivity index (χ0n) is 15.2. The molecular weight excluding hydrogens is 420 g/mol. The molecule has 1 unspecified atom stereocenters. The number of ether oxygens (including phenoxy) is 2. The first-order valence-corrected chi connectivity index (χ1v) is 9.24. The lowest BCUT2D eigenvalue weighted by Crippen LogP contribution is -2.46. The molecule has 1 aliphatic rings. The average Bonchev–Trinajstić information content (AvgIpc) is 2.85. The SMILES string of the molecule is COc1cc(OC)nc(N(C(N)=O)S(=O)(=O)C2=C(C(=O)O)C(Cl)N(C)N2C)n1. The summed E-state index contributed by atoms with van der Waals surface area (Å²) in [7, 11) is 0.222. The van der Waals surface area contributed by atoms with Crippen LogP contribution in [-0.4, -0.2) is 79.3 Å². The number of aliphatic carboxylic acids is 1. The number of aromatic nitrogens is 2. The molecular formula is C13H17ClN6O7S. The summed E-state index contributed by atoms with van der Waals surface area (Å²) < 4.78 is 36.3. The number of nitrogens with two attached hydrogens (primary N) is 1. The van der Waals surface area contributed by atoms with E-state index in [4.69, 9.17) is 26.8 Å². The van der Waals surface area contributed by atoms with E-state index in [0.29, 0.717) is 0 Å². The first-order chi connectivity index (χ1) is 13.0. The number of amides is 2. The van der Waals surface area contributed by atoms with Crippen molar-refractivity contribution >= 4 is 39.6 Å². The monoisotopic (exact) mass is 436 g/mol. The van der Waals surface area contributed by atoms with Crippen molar-refractivity contribution in [3.8, 4) is 11.8 Å². The van der Waals surface area contributed by atoms with Gasteiger partial charge in [0.15, 0.2) is 5.03 Å². The number of nitrogens with zero attached hydrogens (tertiary/aromatic N) is 5. The largest absolute Gasteiger partial charge is 0.481 e. The Labute approximate surface area is 164 Å². The molecule has 13 nitrogen and oxygen atoms in total. The fraction of sp³-hybridized carbons (Fsp3) is 0.385. The van der Waals surface area contributed by atoms with Gasteiger partial charge in [0.2, 0.25) is 11.8 Å². The third kappa shape index (κ3) is 3.48. The summed E-state index contributed by atoms with van der Waals surface area (Å²) >= 11 is 6.02. The Hall–Kier alpha value is -2.84. The van der Waals surface area contributed by atoms with Crippen LogP contribution < -0.4 is 19.5 Å². The number of primary amides is 1. The van der Waals surface area contributed by atoms with E-state index < -0.39 is 44.1 Å². The van der Waals surface area contributed by atoms with E-state index in [9.17, 15) is 23.1 Å². The summed E-state index contributed by atoms with van der Waals surface area (Å²) in [5.74, 6) is -2.54. The van der Waals surface area contributed by atoms with Gasteiger partial charge in [0, 0.05) is 14.1 Å². The molecule has 0 aromatic carbocycles. The number of likely N-dealkylation sites (N-methyl/N-ethyl adjacent to an activating group) is 1. The molecule has 2 heterocycles. The van der Waals surface area contributed by atoms with Gasteiger partial charge >= 0.3 is 12.0 Å². The average molecular weight is 437 g/mol. The molecule has 0 spiro atoms. The highest BCUT2D eigenvalue weighted by molar-refractivity contribution is 7.97. The zero-order chi connectivity index (χ0) is 21.4. The van der Waals surface area contributed by atoms with Crippen LogP contribution in [0.4, 0.5) is 10.7 Å². The summed E-state index contributed by atoms with van der Waals surface area (Å²) in [6.45, 7) is 0. The van der Waals surface area contributed by atoms with Crippen molar-refractivity contribution in [3.63, 3.8) is 0 Å². The van der Waals surface area contributed by atoms with Gasteiger partial charge in [0.05, 0.1) is 20.3 Å². The number of hydrogen-bond acceptors (Lipinski definition) is 10. The highest BCUT2D eigenvalue weighted by Gasteiger charge is 2.47. The van der Waals surface area contributed by atoms with Crippen LogP contribution in [0.15, 0.2) is 16.7 Å². The molecule has 2 rings (SSSR count). The molecule has 15 heteroatoms. The fourth-order valence-corrected chi connectivity index (χ4v) is 4.40. The summed E-state index contributed by atoms with van der Waals surface area (Å²) in [6.07, 6.45) is 0. The second kappa shape index (κ2) is 7.65. The van der Waals surface area contributed by atoms with E-state index in [1.165, 1.54) is 34.4 Å². The number of methoxy groups -OCH3 is 2. The Bertz CT molecular complexity index is 930. The predicted octanol–water partition coefficient (Wildman–Crippen LogP) is -0.638. The fourth-order valence-electron chi connectivity index (χ4n) is 2.36. The molecule has 0 bridgehead atoms. The van der Waals surface area contributed by atoms with Gasteiger partial charge in [0.1, 0.15) is 11.1 Å². The molecule has 1 aromatic rings. The van der Waals surface area contributed by atoms with Crippen LogP contribution in [-0.2, 0) is 14.8 Å². The van der Waals surface area contributed by atoms with Crippen molar-refractivity contribution in [1.29, 1.82) is 0 Å². The molecule has 0 saturated heterocycles. The van der Waals surface area contributed by atoms with Gasteiger partial charge < -0.3 is 20.3 Å². The van der Waals surface area contributed by atoms with E-state index in [1.807, 2.05) is 0 Å². The predicted molar refractivity (Wildman–Crippen MR) is 95.9 cm³/mol. The minimum absolute atomic E-state index is 0.0373. The van der Waals surface area contributed by atoms with Crippen LogP contribution in [0.5, 0.6) is 11.8 Å². The molecule has 0 saturated carbocycles. The Morgan fingerprint density at radius 1 is 1.25 bits per heavy atom. The lowest BCUT2D eigenvalue weighted by molar-refractivity contribution is -0.132. The van der Waals surface area contributed by atoms with Crippen molar-refractivity contribution in [2.75, 3.05) is 32.6 Å². The maximum atomic E-state index is 13.2. The lowest BCUT2D eigenvalue weighted by Gasteiger charge is -2.27. The van der Waals surface area contributed by atoms with E-state index >= 15 is 0 Å². The van der Waals surface area contributed by atoms with Gasteiger partial charge in [-0.3, -0.25) is 5.01 Å². The van der Waals surface area contributed by atoms with Crippen LogP contribution in [0.3, 0.4) is 0 Å². The Morgan fingerprint density at radius 2 is 1.75 bits per heavy atom. The number of sulfonamides is 1. The van der Waals surface area contributed by atoms with Crippen LogP contribution in [0, 0.1) is 0 Å². The highest BCUT2D eigenvalue weighted by atomic mass is 35.5. The number of carbonyl (C=O) groups excluding carboxylic acids is 1. The van der Waals surface area contributed by atoms with Crippen LogP contribution in [0.1, 0.15) is 0 Å². The van der Waals surface area contributed by atoms with Crippen LogP contribution in [0.2, 0.25) is 0 Å². The molecule has 1 aliphatic heterocycles. The minimum Gasteiger partial charge on any atom is -0.481 e. The van der Waals surface area contributed by atoms with Gasteiger partial charge in [-0.05, 0) is 0 Å². The molecule has 0 fully saturated rings. The summed E-state index contributed by atoms with van der Waals surface area (Å²) in [5.41, 5.74) is 3.26. The molecule has 0 aliphatic carbocycles. The van der Waals surface area contributed by atoms with Crippen molar-refractivity contribution in [2.24, 2.45) is 5.73 Å². The van der Waals surface area contributed by atoms with Gasteiger partial charge in [-0.1, -0.05) is 11.6 Å². The highest BCUT2D eigenvalue weighted by Crippen LogP contribution is 2.35. The molecule has 1 aromatic heterocycles.